The van der Waals surface area contributed by atoms with E-state index in [0.717, 1.165) is 41.3 Å². The highest BCUT2D eigenvalue weighted by molar-refractivity contribution is 7.09. The molecular weight excluding hydrogens is 743 g/mol. The number of hydrogen-bond donors (Lipinski definition) is 5. The number of amides is 3. The first kappa shape index (κ1) is 46.0. The molecule has 310 valence electrons. The number of aromatic nitrogens is 1. The number of nitrogens with one attached hydrogen (secondary N) is 2. The van der Waals surface area contributed by atoms with Gasteiger partial charge in [0.1, 0.15) is 22.5 Å². The van der Waals surface area contributed by atoms with Gasteiger partial charge in [0.2, 0.25) is 5.91 Å². The third-order valence-electron chi connectivity index (χ3n) is 10.0. The van der Waals surface area contributed by atoms with Crippen LogP contribution >= 0.6 is 11.3 Å². The van der Waals surface area contributed by atoms with Gasteiger partial charge in [0.25, 0.3) is 11.8 Å². The Morgan fingerprint density at radius 3 is 2.38 bits per heavy atom. The molecule has 0 aliphatic carbocycles. The first-order valence-corrected chi connectivity index (χ1v) is 20.1. The summed E-state index contributed by atoms with van der Waals surface area (Å²) in [4.78, 5) is 78.4. The summed E-state index contributed by atoms with van der Waals surface area (Å²) in [5.41, 5.74) is 1.29. The number of nitrogens with zero attached hydrogens (tertiary/aromatic N) is 3. The van der Waals surface area contributed by atoms with Crippen molar-refractivity contribution in [2.24, 2.45) is 11.8 Å². The van der Waals surface area contributed by atoms with Crippen molar-refractivity contribution < 1.29 is 48.9 Å². The first-order valence-electron chi connectivity index (χ1n) is 19.2. The largest absolute Gasteiger partial charge is 0.508 e. The van der Waals surface area contributed by atoms with Crippen LogP contribution in [0.3, 0.4) is 0 Å². The molecule has 56 heavy (non-hydrogen) atoms. The maximum absolute atomic E-state index is 14.5. The second kappa shape index (κ2) is 22.4. The number of aliphatic hydroxyl groups is 1. The Morgan fingerprint density at radius 1 is 1.09 bits per heavy atom. The number of carbonyl (C=O) groups is 5. The molecule has 3 rings (SSSR count). The number of piperidine rings is 1. The molecular formula is C40H59N5O10S. The molecule has 3 amide bonds. The number of likely N-dealkylation sites (N-methyl/N-ethyl adjacent to an activating group) is 1. The Morgan fingerprint density at radius 2 is 1.79 bits per heavy atom. The Balaban J connectivity index is 1.92. The monoisotopic (exact) mass is 801 g/mol. The van der Waals surface area contributed by atoms with Gasteiger partial charge in [-0.25, -0.2) is 10.0 Å². The van der Waals surface area contributed by atoms with Crippen molar-refractivity contribution in [3.05, 3.63) is 58.1 Å². The molecule has 1 aromatic heterocycles. The van der Waals surface area contributed by atoms with Crippen LogP contribution in [-0.2, 0) is 35.2 Å². The Labute approximate surface area is 333 Å². The lowest BCUT2D eigenvalue weighted by molar-refractivity contribution is -0.204. The summed E-state index contributed by atoms with van der Waals surface area (Å²) >= 11 is 1.07. The number of carbonyl (C=O) groups excluding carboxylic acids is 4. The molecule has 1 aliphatic rings. The Bertz CT molecular complexity index is 1640. The molecule has 0 spiro atoms. The number of aromatic hydroxyl groups is 1. The van der Waals surface area contributed by atoms with E-state index >= 15 is 0 Å². The molecule has 2 heterocycles. The van der Waals surface area contributed by atoms with Gasteiger partial charge in [-0.05, 0) is 76.2 Å². The van der Waals surface area contributed by atoms with Crippen molar-refractivity contribution in [1.82, 2.24) is 25.6 Å². The highest BCUT2D eigenvalue weighted by Crippen LogP contribution is 2.32. The summed E-state index contributed by atoms with van der Waals surface area (Å²) in [7, 11) is 1.89. The van der Waals surface area contributed by atoms with Gasteiger partial charge in [-0.1, -0.05) is 57.9 Å². The number of thiazole rings is 1. The molecule has 7 atom stereocenters. The van der Waals surface area contributed by atoms with Crippen molar-refractivity contribution in [2.45, 2.75) is 116 Å². The summed E-state index contributed by atoms with van der Waals surface area (Å²) in [5, 5.41) is 37.6. The molecule has 1 fully saturated rings. The molecule has 0 saturated carbocycles. The van der Waals surface area contributed by atoms with Gasteiger partial charge in [0.15, 0.2) is 6.10 Å². The van der Waals surface area contributed by atoms with Crippen LogP contribution in [0.4, 0.5) is 0 Å². The fourth-order valence-corrected chi connectivity index (χ4v) is 7.39. The molecule has 0 bridgehead atoms. The zero-order valence-corrected chi connectivity index (χ0v) is 34.2. The number of aliphatic hydroxyl groups excluding tert-OH is 1. The number of hydroxylamine groups is 2. The van der Waals surface area contributed by atoms with Crippen LogP contribution in [0.1, 0.15) is 107 Å². The normalized spacial score (nSPS) is 17.7. The summed E-state index contributed by atoms with van der Waals surface area (Å²) in [6, 6.07) is 3.60. The molecule has 15 nitrogen and oxygen atoms in total. The lowest BCUT2D eigenvalue weighted by atomic mass is 9.95. The van der Waals surface area contributed by atoms with E-state index in [1.165, 1.54) is 24.4 Å². The predicted octanol–water partition coefficient (Wildman–Crippen LogP) is 4.40. The number of hydrogen-bond acceptors (Lipinski definition) is 12. The maximum Gasteiger partial charge on any atom is 0.306 e. The lowest BCUT2D eigenvalue weighted by Gasteiger charge is -2.38. The standard InChI is InChI=1S/C40H59N5O10S/c1-8-25(4)35(43-37(50)32-12-9-10-17-44(32)7)39(51)45(54-19-11-18-46)33(24(2)3)22-34(55-27(6)47)38-42-31(23-56-38)36(49)41-29(20-26(5)40(52)53)21-28-13-15-30(48)16-14-28/h13-16,23,25-26,29,32-35,46,48H,2,8-12,17-22H2,1,3-7H3,(H,41,49)(H,43,50)(H,52,53)/t25-,26-,29+,32+,33+,34+,35-/m0/s1. The lowest BCUT2D eigenvalue weighted by Crippen LogP contribution is -2.58. The Hall–Kier alpha value is -4.38. The van der Waals surface area contributed by atoms with Crippen molar-refractivity contribution in [3.8, 4) is 5.75 Å². The Kier molecular flexibility index (Phi) is 18.4. The average molecular weight is 802 g/mol. The molecule has 5 N–H and O–H groups in total. The van der Waals surface area contributed by atoms with E-state index in [0.29, 0.717) is 24.8 Å². The molecule has 0 unspecified atom stereocenters. The van der Waals surface area contributed by atoms with Crippen LogP contribution in [-0.4, -0.2) is 111 Å². The minimum Gasteiger partial charge on any atom is -0.508 e. The second-order valence-electron chi connectivity index (χ2n) is 14.7. The number of likely N-dealkylation sites (tertiary alicyclic amines) is 1. The van der Waals surface area contributed by atoms with Gasteiger partial charge >= 0.3 is 11.9 Å². The van der Waals surface area contributed by atoms with Crippen LogP contribution in [0.2, 0.25) is 0 Å². The number of esters is 1. The molecule has 1 saturated heterocycles. The number of carboxylic acid groups (broad SMARTS) is 1. The van der Waals surface area contributed by atoms with E-state index in [9.17, 15) is 39.3 Å². The number of benzene rings is 1. The second-order valence-corrected chi connectivity index (χ2v) is 15.6. The fourth-order valence-electron chi connectivity index (χ4n) is 6.55. The van der Waals surface area contributed by atoms with Crippen molar-refractivity contribution in [1.29, 1.82) is 0 Å². The van der Waals surface area contributed by atoms with E-state index in [4.69, 9.17) is 9.57 Å². The van der Waals surface area contributed by atoms with Gasteiger partial charge < -0.3 is 30.7 Å². The zero-order chi connectivity index (χ0) is 41.5. The average Bonchev–Trinajstić information content (AvgIpc) is 3.65. The number of phenolic OH excluding ortho intramolecular Hbond substituents is 1. The van der Waals surface area contributed by atoms with Gasteiger partial charge in [-0.2, -0.15) is 0 Å². The maximum atomic E-state index is 14.5. The molecule has 16 heteroatoms. The van der Waals surface area contributed by atoms with Crippen LogP contribution < -0.4 is 10.6 Å². The third kappa shape index (κ3) is 13.7. The van der Waals surface area contributed by atoms with Crippen LogP contribution in [0.5, 0.6) is 5.75 Å². The summed E-state index contributed by atoms with van der Waals surface area (Å²) in [6.45, 7) is 13.0. The van der Waals surface area contributed by atoms with Crippen molar-refractivity contribution in [3.63, 3.8) is 0 Å². The molecule has 0 radical (unpaired) electrons. The van der Waals surface area contributed by atoms with Gasteiger partial charge in [0, 0.05) is 31.4 Å². The minimum atomic E-state index is -1.05. The summed E-state index contributed by atoms with van der Waals surface area (Å²) < 4.78 is 5.74. The topological polar surface area (TPSA) is 208 Å². The zero-order valence-electron chi connectivity index (χ0n) is 33.4. The summed E-state index contributed by atoms with van der Waals surface area (Å²) in [5.74, 6) is -3.94. The van der Waals surface area contributed by atoms with Crippen LogP contribution in [0, 0.1) is 11.8 Å². The molecule has 1 aliphatic heterocycles. The number of carboxylic acids is 1. The van der Waals surface area contributed by atoms with Gasteiger partial charge in [-0.3, -0.25) is 33.7 Å². The minimum absolute atomic E-state index is 0.0204. The van der Waals surface area contributed by atoms with E-state index in [1.807, 2.05) is 25.8 Å². The predicted molar refractivity (Wildman–Crippen MR) is 210 cm³/mol. The molecule has 1 aromatic carbocycles. The van der Waals surface area contributed by atoms with E-state index in [1.54, 1.807) is 26.0 Å². The van der Waals surface area contributed by atoms with E-state index in [2.05, 4.69) is 22.2 Å². The van der Waals surface area contributed by atoms with Crippen molar-refractivity contribution in [2.75, 3.05) is 26.8 Å². The van der Waals surface area contributed by atoms with E-state index < -0.39 is 53.9 Å². The smallest absolute Gasteiger partial charge is 0.306 e. The number of phenols is 1. The fraction of sp³-hybridized carbons (Fsp3) is 0.600. The first-order chi connectivity index (χ1) is 26.6. The van der Waals surface area contributed by atoms with E-state index in [-0.39, 0.29) is 66.8 Å². The van der Waals surface area contributed by atoms with Gasteiger partial charge in [-0.15, -0.1) is 11.3 Å². The van der Waals surface area contributed by atoms with Crippen LogP contribution in [0.25, 0.3) is 0 Å². The SMILES string of the molecule is C=C(C)[C@@H](C[C@@H](OC(C)=O)c1nc(C(=O)N[C@@H](Cc2ccc(O)cc2)C[C@H](C)C(=O)O)cs1)N(OCCCO)C(=O)[C@@H](NC(=O)[C@H]1CCCCN1C)[C@@H](C)CC. The number of ether oxygens (including phenoxy) is 1. The quantitative estimate of drug-likeness (QED) is 0.0486. The van der Waals surface area contributed by atoms with Crippen molar-refractivity contribution >= 4 is 41.0 Å². The number of rotatable bonds is 22. The third-order valence-corrected chi connectivity index (χ3v) is 11.0. The molecule has 2 aromatic rings. The number of aliphatic carboxylic acids is 1. The van der Waals surface area contributed by atoms with Crippen LogP contribution in [0.15, 0.2) is 41.8 Å². The summed E-state index contributed by atoms with van der Waals surface area (Å²) in [6.07, 6.45) is 2.68. The highest BCUT2D eigenvalue weighted by atomic mass is 32.1. The highest BCUT2D eigenvalue weighted by Gasteiger charge is 2.39. The van der Waals surface area contributed by atoms with Gasteiger partial charge in [0.05, 0.1) is 24.6 Å².